The Hall–Kier alpha value is -1.09. The topological polar surface area (TPSA) is 20.3 Å². The minimum atomic E-state index is 0.401. The molecule has 2 atom stereocenters. The molecule has 3 heteroatoms. The number of piperidine rings is 1. The molecule has 0 spiro atoms. The van der Waals surface area contributed by atoms with E-state index < -0.39 is 0 Å². The Morgan fingerprint density at radius 2 is 1.95 bits per heavy atom. The van der Waals surface area contributed by atoms with Crippen LogP contribution in [0, 0.1) is 6.92 Å². The summed E-state index contributed by atoms with van der Waals surface area (Å²) in [7, 11) is 0. The van der Waals surface area contributed by atoms with Crippen LogP contribution in [0.25, 0.3) is 0 Å². The van der Waals surface area contributed by atoms with E-state index in [2.05, 4.69) is 23.3 Å². The van der Waals surface area contributed by atoms with E-state index in [0.717, 1.165) is 6.42 Å². The van der Waals surface area contributed by atoms with Gasteiger partial charge in [-0.15, -0.1) is 11.3 Å². The highest BCUT2D eigenvalue weighted by Gasteiger charge is 2.41. The van der Waals surface area contributed by atoms with E-state index in [9.17, 15) is 4.79 Å². The lowest BCUT2D eigenvalue weighted by Crippen LogP contribution is -2.45. The molecule has 2 aliphatic heterocycles. The molecule has 2 bridgehead atoms. The predicted molar refractivity (Wildman–Crippen MR) is 91.1 cm³/mol. The smallest absolute Gasteiger partial charge is 0.223 e. The summed E-state index contributed by atoms with van der Waals surface area (Å²) in [6.07, 6.45) is 10.5. The molecular formula is C19H25NOS. The number of aryl methyl sites for hydroxylation is 2. The number of rotatable bonds is 3. The largest absolute Gasteiger partial charge is 0.336 e. The average Bonchev–Trinajstić information content (AvgIpc) is 2.96. The van der Waals surface area contributed by atoms with E-state index in [-0.39, 0.29) is 0 Å². The zero-order chi connectivity index (χ0) is 15.1. The first-order chi connectivity index (χ1) is 10.7. The van der Waals surface area contributed by atoms with Crippen molar-refractivity contribution in [3.63, 3.8) is 0 Å². The summed E-state index contributed by atoms with van der Waals surface area (Å²) in [6, 6.07) is 3.18. The van der Waals surface area contributed by atoms with Gasteiger partial charge in [-0.05, 0) is 75.3 Å². The molecule has 0 radical (unpaired) electrons. The highest BCUT2D eigenvalue weighted by molar-refractivity contribution is 7.10. The van der Waals surface area contributed by atoms with Crippen LogP contribution in [0.4, 0.5) is 0 Å². The van der Waals surface area contributed by atoms with Crippen molar-refractivity contribution in [2.75, 3.05) is 0 Å². The molecule has 118 valence electrons. The average molecular weight is 315 g/mol. The number of thiophene rings is 1. The molecule has 1 aliphatic carbocycles. The second-order valence-electron chi connectivity index (χ2n) is 7.18. The maximum absolute atomic E-state index is 12.7. The van der Waals surface area contributed by atoms with Crippen LogP contribution >= 0.6 is 11.3 Å². The van der Waals surface area contributed by atoms with Crippen LogP contribution in [-0.2, 0) is 11.2 Å². The number of hydrogen-bond donors (Lipinski definition) is 0. The van der Waals surface area contributed by atoms with Crippen molar-refractivity contribution in [2.45, 2.75) is 76.8 Å². The van der Waals surface area contributed by atoms with Gasteiger partial charge in [-0.1, -0.05) is 11.1 Å². The second kappa shape index (κ2) is 5.84. The number of nitrogens with zero attached hydrogens (tertiary/aromatic N) is 1. The first kappa shape index (κ1) is 14.5. The van der Waals surface area contributed by atoms with Crippen LogP contribution in [0.15, 0.2) is 22.6 Å². The number of amides is 1. The van der Waals surface area contributed by atoms with Crippen LogP contribution in [0.2, 0.25) is 0 Å². The lowest BCUT2D eigenvalue weighted by atomic mass is 9.82. The third-order valence-electron chi connectivity index (χ3n) is 5.86. The monoisotopic (exact) mass is 315 g/mol. The highest BCUT2D eigenvalue weighted by atomic mass is 32.1. The predicted octanol–water partition coefficient (Wildman–Crippen LogP) is 4.62. The zero-order valence-electron chi connectivity index (χ0n) is 13.4. The van der Waals surface area contributed by atoms with E-state index >= 15 is 0 Å². The van der Waals surface area contributed by atoms with Gasteiger partial charge in [0.25, 0.3) is 0 Å². The summed E-state index contributed by atoms with van der Waals surface area (Å²) in [4.78, 5) is 16.4. The fraction of sp³-hybridized carbons (Fsp3) is 0.632. The van der Waals surface area contributed by atoms with Gasteiger partial charge in [-0.25, -0.2) is 0 Å². The van der Waals surface area contributed by atoms with E-state index in [1.807, 2.05) is 0 Å². The Kier molecular flexibility index (Phi) is 3.85. The summed E-state index contributed by atoms with van der Waals surface area (Å²) in [5, 5.41) is 2.14. The third-order valence-corrected chi connectivity index (χ3v) is 6.95. The van der Waals surface area contributed by atoms with E-state index in [1.165, 1.54) is 55.4 Å². The quantitative estimate of drug-likeness (QED) is 0.745. The third kappa shape index (κ3) is 2.54. The fourth-order valence-corrected chi connectivity index (χ4v) is 5.34. The van der Waals surface area contributed by atoms with Crippen molar-refractivity contribution in [3.05, 3.63) is 33.0 Å². The lowest BCUT2D eigenvalue weighted by Gasteiger charge is -2.38. The molecule has 1 aromatic heterocycles. The van der Waals surface area contributed by atoms with E-state index in [1.54, 1.807) is 22.5 Å². The van der Waals surface area contributed by atoms with Gasteiger partial charge in [0, 0.05) is 23.4 Å². The molecule has 4 rings (SSSR count). The molecule has 1 aromatic rings. The van der Waals surface area contributed by atoms with Crippen molar-refractivity contribution < 1.29 is 4.79 Å². The van der Waals surface area contributed by atoms with Crippen LogP contribution in [-0.4, -0.2) is 22.9 Å². The Bertz CT molecular complexity index is 593. The van der Waals surface area contributed by atoms with Gasteiger partial charge in [0.15, 0.2) is 0 Å². The molecule has 1 saturated carbocycles. The normalized spacial score (nSPS) is 27.2. The Balaban J connectivity index is 1.41. The Morgan fingerprint density at radius 1 is 1.23 bits per heavy atom. The van der Waals surface area contributed by atoms with Gasteiger partial charge in [0.2, 0.25) is 5.91 Å². The van der Waals surface area contributed by atoms with Crippen molar-refractivity contribution >= 4 is 17.2 Å². The molecule has 0 N–H and O–H groups in total. The first-order valence-corrected chi connectivity index (χ1v) is 9.64. The molecule has 2 unspecified atom stereocenters. The molecule has 2 nitrogen and oxygen atoms in total. The minimum Gasteiger partial charge on any atom is -0.336 e. The second-order valence-corrected chi connectivity index (χ2v) is 8.18. The van der Waals surface area contributed by atoms with Crippen molar-refractivity contribution in [1.82, 2.24) is 4.90 Å². The number of carbonyl (C=O) groups excluding carboxylic acids is 1. The SMILES string of the molecule is Cc1ccsc1CCC(=O)N1C2CCC1CC(=C1CCC1)C2. The molecule has 3 heterocycles. The van der Waals surface area contributed by atoms with Crippen molar-refractivity contribution in [1.29, 1.82) is 0 Å². The van der Waals surface area contributed by atoms with E-state index in [4.69, 9.17) is 0 Å². The lowest BCUT2D eigenvalue weighted by molar-refractivity contribution is -0.134. The van der Waals surface area contributed by atoms with Crippen LogP contribution in [0.3, 0.4) is 0 Å². The number of carbonyl (C=O) groups is 1. The van der Waals surface area contributed by atoms with Gasteiger partial charge in [-0.2, -0.15) is 0 Å². The van der Waals surface area contributed by atoms with Gasteiger partial charge in [0.1, 0.15) is 0 Å². The summed E-state index contributed by atoms with van der Waals surface area (Å²) in [6.45, 7) is 2.15. The Labute approximate surface area is 137 Å². The molecule has 1 amide bonds. The highest BCUT2D eigenvalue weighted by Crippen LogP contribution is 2.43. The first-order valence-electron chi connectivity index (χ1n) is 8.76. The van der Waals surface area contributed by atoms with Gasteiger partial charge >= 0.3 is 0 Å². The van der Waals surface area contributed by atoms with Gasteiger partial charge < -0.3 is 4.90 Å². The maximum atomic E-state index is 12.7. The van der Waals surface area contributed by atoms with Crippen LogP contribution in [0.1, 0.15) is 61.8 Å². The molecule has 3 aliphatic rings. The number of hydrogen-bond acceptors (Lipinski definition) is 2. The molecule has 3 fully saturated rings. The Morgan fingerprint density at radius 3 is 2.50 bits per heavy atom. The standard InChI is InChI=1S/C19H25NOS/c1-13-9-10-22-18(13)7-8-19(21)20-16-5-6-17(20)12-15(11-16)14-3-2-4-14/h9-10,16-17H,2-8,11-12H2,1H3. The van der Waals surface area contributed by atoms with Crippen LogP contribution in [0.5, 0.6) is 0 Å². The fourth-order valence-electron chi connectivity index (χ4n) is 4.43. The number of allylic oxidation sites excluding steroid dienone is 1. The number of fused-ring (bicyclic) bond motifs is 2. The van der Waals surface area contributed by atoms with Crippen molar-refractivity contribution in [2.24, 2.45) is 0 Å². The summed E-state index contributed by atoms with van der Waals surface area (Å²) >= 11 is 1.79. The van der Waals surface area contributed by atoms with Crippen molar-refractivity contribution in [3.8, 4) is 0 Å². The van der Waals surface area contributed by atoms with Gasteiger partial charge in [0.05, 0.1) is 0 Å². The van der Waals surface area contributed by atoms with Gasteiger partial charge in [-0.3, -0.25) is 4.79 Å². The maximum Gasteiger partial charge on any atom is 0.223 e. The molecule has 2 saturated heterocycles. The minimum absolute atomic E-state index is 0.401. The molecule has 22 heavy (non-hydrogen) atoms. The molecule has 0 aromatic carbocycles. The van der Waals surface area contributed by atoms with Crippen LogP contribution < -0.4 is 0 Å². The summed E-state index contributed by atoms with van der Waals surface area (Å²) < 4.78 is 0. The zero-order valence-corrected chi connectivity index (χ0v) is 14.3. The summed E-state index contributed by atoms with van der Waals surface area (Å²) in [5.74, 6) is 0.401. The van der Waals surface area contributed by atoms with E-state index in [0.29, 0.717) is 24.4 Å². The summed E-state index contributed by atoms with van der Waals surface area (Å²) in [5.41, 5.74) is 4.80. The molecular weight excluding hydrogens is 290 g/mol.